The van der Waals surface area contributed by atoms with Crippen LogP contribution in [-0.4, -0.2) is 19.6 Å². The van der Waals surface area contributed by atoms with Crippen LogP contribution in [0.15, 0.2) is 24.3 Å². The molecule has 19 heavy (non-hydrogen) atoms. The third kappa shape index (κ3) is 5.75. The van der Waals surface area contributed by atoms with E-state index in [9.17, 15) is 4.79 Å². The summed E-state index contributed by atoms with van der Waals surface area (Å²) in [5.74, 6) is 0.921. The van der Waals surface area contributed by atoms with E-state index in [4.69, 9.17) is 10.5 Å². The smallest absolute Gasteiger partial charge is 0.220 e. The van der Waals surface area contributed by atoms with Crippen molar-refractivity contribution in [2.45, 2.75) is 38.6 Å². The molecule has 0 aliphatic heterocycles. The highest BCUT2D eigenvalue weighted by Gasteiger charge is 2.09. The molecule has 0 unspecified atom stereocenters. The molecule has 0 bridgehead atoms. The molecule has 1 aromatic carbocycles. The maximum Gasteiger partial charge on any atom is 0.220 e. The van der Waals surface area contributed by atoms with Gasteiger partial charge in [0.1, 0.15) is 5.75 Å². The number of carbonyl (C=O) groups excluding carboxylic acids is 1. The van der Waals surface area contributed by atoms with E-state index in [1.165, 1.54) is 0 Å². The summed E-state index contributed by atoms with van der Waals surface area (Å²) >= 11 is 0. The lowest BCUT2D eigenvalue weighted by Crippen LogP contribution is -2.26. The number of hydrogen-bond donors (Lipinski definition) is 2. The predicted octanol–water partition coefficient (Wildman–Crippen LogP) is 2.39. The van der Waals surface area contributed by atoms with Gasteiger partial charge in [0.05, 0.1) is 13.2 Å². The fourth-order valence-corrected chi connectivity index (χ4v) is 1.90. The molecule has 106 valence electrons. The van der Waals surface area contributed by atoms with Gasteiger partial charge in [-0.25, -0.2) is 0 Å². The summed E-state index contributed by atoms with van der Waals surface area (Å²) in [6, 6.07) is 7.77. The van der Waals surface area contributed by atoms with Crippen LogP contribution in [0.4, 0.5) is 0 Å². The zero-order valence-electron chi connectivity index (χ0n) is 11.8. The standard InChI is InChI=1S/C15H24N2O2/c1-12(13-7-9-14(19-2)10-8-13)17-15(18)6-4-3-5-11-16/h7-10,12H,3-6,11,16H2,1-2H3,(H,17,18)/t12-/m0/s1. The maximum absolute atomic E-state index is 11.7. The molecule has 1 atom stereocenters. The van der Waals surface area contributed by atoms with Gasteiger partial charge < -0.3 is 15.8 Å². The molecule has 4 heteroatoms. The van der Waals surface area contributed by atoms with Crippen molar-refractivity contribution in [3.8, 4) is 5.75 Å². The Kier molecular flexibility index (Phi) is 6.97. The number of hydrogen-bond acceptors (Lipinski definition) is 3. The van der Waals surface area contributed by atoms with Crippen LogP contribution >= 0.6 is 0 Å². The Labute approximate surface area is 115 Å². The molecule has 0 radical (unpaired) electrons. The topological polar surface area (TPSA) is 64.3 Å². The van der Waals surface area contributed by atoms with Crippen molar-refractivity contribution in [1.29, 1.82) is 0 Å². The van der Waals surface area contributed by atoms with Crippen molar-refractivity contribution in [1.82, 2.24) is 5.32 Å². The molecule has 1 amide bonds. The number of nitrogens with one attached hydrogen (secondary N) is 1. The van der Waals surface area contributed by atoms with E-state index in [-0.39, 0.29) is 11.9 Å². The highest BCUT2D eigenvalue weighted by Crippen LogP contribution is 2.17. The molecular weight excluding hydrogens is 240 g/mol. The van der Waals surface area contributed by atoms with E-state index in [2.05, 4.69) is 5.32 Å². The fraction of sp³-hybridized carbons (Fsp3) is 0.533. The molecule has 1 rings (SSSR count). The summed E-state index contributed by atoms with van der Waals surface area (Å²) in [6.07, 6.45) is 3.47. The second-order valence-corrected chi connectivity index (χ2v) is 4.66. The lowest BCUT2D eigenvalue weighted by atomic mass is 10.1. The van der Waals surface area contributed by atoms with Gasteiger partial charge in [0.2, 0.25) is 5.91 Å². The highest BCUT2D eigenvalue weighted by molar-refractivity contribution is 5.76. The van der Waals surface area contributed by atoms with Crippen molar-refractivity contribution in [3.05, 3.63) is 29.8 Å². The summed E-state index contributed by atoms with van der Waals surface area (Å²) in [5, 5.41) is 3.00. The number of amides is 1. The van der Waals surface area contributed by atoms with Gasteiger partial charge in [-0.05, 0) is 44.0 Å². The molecule has 0 spiro atoms. The molecular formula is C15H24N2O2. The molecule has 4 nitrogen and oxygen atoms in total. The van der Waals surface area contributed by atoms with Crippen molar-refractivity contribution < 1.29 is 9.53 Å². The monoisotopic (exact) mass is 264 g/mol. The minimum atomic E-state index is 0.0212. The van der Waals surface area contributed by atoms with Gasteiger partial charge in [-0.2, -0.15) is 0 Å². The van der Waals surface area contributed by atoms with Gasteiger partial charge in [-0.3, -0.25) is 4.79 Å². The van der Waals surface area contributed by atoms with Crippen LogP contribution in [0.3, 0.4) is 0 Å². The zero-order chi connectivity index (χ0) is 14.1. The molecule has 0 saturated carbocycles. The Morgan fingerprint density at radius 3 is 2.53 bits per heavy atom. The second-order valence-electron chi connectivity index (χ2n) is 4.66. The van der Waals surface area contributed by atoms with Crippen LogP contribution in [0.1, 0.15) is 44.2 Å². The first-order valence-electron chi connectivity index (χ1n) is 6.80. The number of methoxy groups -OCH3 is 1. The third-order valence-electron chi connectivity index (χ3n) is 3.10. The van der Waals surface area contributed by atoms with Crippen molar-refractivity contribution in [3.63, 3.8) is 0 Å². The summed E-state index contributed by atoms with van der Waals surface area (Å²) in [6.45, 7) is 2.68. The van der Waals surface area contributed by atoms with Gasteiger partial charge in [0.15, 0.2) is 0 Å². The van der Waals surface area contributed by atoms with Crippen molar-refractivity contribution >= 4 is 5.91 Å². The summed E-state index contributed by atoms with van der Waals surface area (Å²) in [5.41, 5.74) is 6.49. The zero-order valence-corrected chi connectivity index (χ0v) is 11.8. The van der Waals surface area contributed by atoms with Crippen molar-refractivity contribution in [2.75, 3.05) is 13.7 Å². The Hall–Kier alpha value is -1.55. The van der Waals surface area contributed by atoms with E-state index in [1.807, 2.05) is 31.2 Å². The number of unbranched alkanes of at least 4 members (excludes halogenated alkanes) is 2. The Morgan fingerprint density at radius 1 is 1.26 bits per heavy atom. The van der Waals surface area contributed by atoms with Gasteiger partial charge in [-0.15, -0.1) is 0 Å². The van der Waals surface area contributed by atoms with Crippen LogP contribution in [-0.2, 0) is 4.79 Å². The first kappa shape index (κ1) is 15.5. The maximum atomic E-state index is 11.7. The fourth-order valence-electron chi connectivity index (χ4n) is 1.90. The summed E-state index contributed by atoms with van der Waals surface area (Å²) in [7, 11) is 1.64. The first-order chi connectivity index (χ1) is 9.17. The summed E-state index contributed by atoms with van der Waals surface area (Å²) in [4.78, 5) is 11.7. The van der Waals surface area contributed by atoms with Gasteiger partial charge >= 0.3 is 0 Å². The van der Waals surface area contributed by atoms with Crippen LogP contribution in [0.5, 0.6) is 5.75 Å². The minimum absolute atomic E-state index is 0.0212. The van der Waals surface area contributed by atoms with E-state index >= 15 is 0 Å². The number of rotatable bonds is 8. The van der Waals surface area contributed by atoms with Crippen LogP contribution < -0.4 is 15.8 Å². The van der Waals surface area contributed by atoms with Gasteiger partial charge in [0, 0.05) is 6.42 Å². The predicted molar refractivity (Wildman–Crippen MR) is 77.1 cm³/mol. The van der Waals surface area contributed by atoms with Crippen molar-refractivity contribution in [2.24, 2.45) is 5.73 Å². The molecule has 1 aromatic rings. The first-order valence-corrected chi connectivity index (χ1v) is 6.80. The second kappa shape index (κ2) is 8.53. The Morgan fingerprint density at radius 2 is 1.95 bits per heavy atom. The average Bonchev–Trinajstić information content (AvgIpc) is 2.43. The molecule has 0 aliphatic carbocycles. The molecule has 0 fully saturated rings. The van der Waals surface area contributed by atoms with Gasteiger partial charge in [-0.1, -0.05) is 18.6 Å². The minimum Gasteiger partial charge on any atom is -0.497 e. The lowest BCUT2D eigenvalue weighted by Gasteiger charge is -2.14. The van der Waals surface area contributed by atoms with E-state index in [0.717, 1.165) is 30.6 Å². The third-order valence-corrected chi connectivity index (χ3v) is 3.10. The molecule has 0 heterocycles. The van der Waals surface area contributed by atoms with Crippen LogP contribution in [0.25, 0.3) is 0 Å². The number of benzene rings is 1. The Balaban J connectivity index is 2.36. The largest absolute Gasteiger partial charge is 0.497 e. The lowest BCUT2D eigenvalue weighted by molar-refractivity contribution is -0.121. The highest BCUT2D eigenvalue weighted by atomic mass is 16.5. The molecule has 0 saturated heterocycles. The van der Waals surface area contributed by atoms with Crippen LogP contribution in [0.2, 0.25) is 0 Å². The summed E-state index contributed by atoms with van der Waals surface area (Å²) < 4.78 is 5.11. The Bertz CT molecular complexity index is 376. The SMILES string of the molecule is COc1ccc([C@H](C)NC(=O)CCCCCN)cc1. The van der Waals surface area contributed by atoms with Crippen LogP contribution in [0, 0.1) is 0 Å². The number of ether oxygens (including phenoxy) is 1. The number of nitrogens with two attached hydrogens (primary N) is 1. The molecule has 0 aromatic heterocycles. The average molecular weight is 264 g/mol. The normalized spacial score (nSPS) is 11.9. The molecule has 0 aliphatic rings. The molecule has 3 N–H and O–H groups in total. The van der Waals surface area contributed by atoms with E-state index in [0.29, 0.717) is 13.0 Å². The van der Waals surface area contributed by atoms with E-state index in [1.54, 1.807) is 7.11 Å². The van der Waals surface area contributed by atoms with Gasteiger partial charge in [0.25, 0.3) is 0 Å². The van der Waals surface area contributed by atoms with E-state index < -0.39 is 0 Å². The quantitative estimate of drug-likeness (QED) is 0.709. The number of carbonyl (C=O) groups is 1.